The predicted octanol–water partition coefficient (Wildman–Crippen LogP) is 1.84. The van der Waals surface area contributed by atoms with E-state index >= 15 is 0 Å². The highest BCUT2D eigenvalue weighted by Gasteiger charge is 2.22. The van der Waals surface area contributed by atoms with E-state index in [0.29, 0.717) is 31.0 Å². The lowest BCUT2D eigenvalue weighted by Gasteiger charge is -2.16. The third-order valence-corrected chi connectivity index (χ3v) is 5.52. The van der Waals surface area contributed by atoms with Crippen molar-refractivity contribution in [2.24, 2.45) is 0 Å². The second-order valence-electron chi connectivity index (χ2n) is 6.16. The Balaban J connectivity index is 1.62. The maximum absolute atomic E-state index is 12.3. The molecule has 8 nitrogen and oxygen atoms in total. The maximum atomic E-state index is 12.3. The first-order valence-electron chi connectivity index (χ1n) is 8.86. The van der Waals surface area contributed by atoms with E-state index in [0.717, 1.165) is 6.42 Å². The van der Waals surface area contributed by atoms with E-state index in [9.17, 15) is 18.0 Å². The van der Waals surface area contributed by atoms with Gasteiger partial charge >= 0.3 is 0 Å². The van der Waals surface area contributed by atoms with E-state index in [1.807, 2.05) is 6.92 Å². The van der Waals surface area contributed by atoms with Gasteiger partial charge in [-0.15, -0.1) is 4.83 Å². The number of benzene rings is 2. The van der Waals surface area contributed by atoms with E-state index in [1.54, 1.807) is 29.2 Å². The number of hydrazine groups is 1. The molecule has 0 aliphatic carbocycles. The van der Waals surface area contributed by atoms with Crippen LogP contribution in [-0.4, -0.2) is 33.4 Å². The van der Waals surface area contributed by atoms with Crippen molar-refractivity contribution in [3.63, 3.8) is 0 Å². The Labute approximate surface area is 163 Å². The molecule has 0 unspecified atom stereocenters. The van der Waals surface area contributed by atoms with Gasteiger partial charge in [-0.1, -0.05) is 0 Å². The van der Waals surface area contributed by atoms with Crippen molar-refractivity contribution in [3.05, 3.63) is 54.1 Å². The third kappa shape index (κ3) is 4.49. The van der Waals surface area contributed by atoms with Crippen LogP contribution in [-0.2, 0) is 14.8 Å². The van der Waals surface area contributed by atoms with Crippen LogP contribution in [0.4, 0.5) is 5.69 Å². The van der Waals surface area contributed by atoms with Crippen LogP contribution in [0.15, 0.2) is 53.4 Å². The van der Waals surface area contributed by atoms with Gasteiger partial charge in [0, 0.05) is 24.2 Å². The minimum Gasteiger partial charge on any atom is -0.494 e. The molecule has 2 amide bonds. The Kier molecular flexibility index (Phi) is 5.96. The topological polar surface area (TPSA) is 105 Å². The Bertz CT molecular complexity index is 956. The number of hydrogen-bond acceptors (Lipinski definition) is 5. The number of nitrogens with zero attached hydrogens (tertiary/aromatic N) is 1. The van der Waals surface area contributed by atoms with Crippen molar-refractivity contribution in [2.75, 3.05) is 18.1 Å². The van der Waals surface area contributed by atoms with E-state index in [-0.39, 0.29) is 16.4 Å². The quantitative estimate of drug-likeness (QED) is 0.687. The van der Waals surface area contributed by atoms with Crippen LogP contribution in [0.25, 0.3) is 0 Å². The molecular formula is C19H21N3O5S. The van der Waals surface area contributed by atoms with E-state index in [4.69, 9.17) is 4.74 Å². The van der Waals surface area contributed by atoms with Crippen LogP contribution in [0, 0.1) is 0 Å². The lowest BCUT2D eigenvalue weighted by Crippen LogP contribution is -2.41. The second kappa shape index (κ2) is 8.41. The molecule has 1 saturated heterocycles. The SMILES string of the molecule is CCOc1ccc(S(=O)(=O)NNC(=O)c2ccc(N3CCCC3=O)cc2)cc1. The fraction of sp³-hybridized carbons (Fsp3) is 0.263. The molecule has 1 heterocycles. The number of carbonyl (C=O) groups excluding carboxylic acids is 2. The Morgan fingerprint density at radius 1 is 1.11 bits per heavy atom. The standard InChI is InChI=1S/C19H21N3O5S/c1-2-27-16-9-11-17(12-10-16)28(25,26)21-20-19(24)14-5-7-15(8-6-14)22-13-3-4-18(22)23/h5-12,21H,2-4,13H2,1H3,(H,20,24). The van der Waals surface area contributed by atoms with Gasteiger partial charge in [-0.25, -0.2) is 8.42 Å². The van der Waals surface area contributed by atoms with E-state index < -0.39 is 15.9 Å². The number of sulfonamides is 1. The predicted molar refractivity (Wildman–Crippen MR) is 103 cm³/mol. The molecule has 1 fully saturated rings. The Morgan fingerprint density at radius 2 is 1.79 bits per heavy atom. The van der Waals surface area contributed by atoms with Crippen molar-refractivity contribution in [1.29, 1.82) is 0 Å². The summed E-state index contributed by atoms with van der Waals surface area (Å²) in [5.74, 6) is 0.0104. The van der Waals surface area contributed by atoms with Gasteiger partial charge in [0.2, 0.25) is 5.91 Å². The molecule has 1 aliphatic rings. The van der Waals surface area contributed by atoms with Gasteiger partial charge < -0.3 is 9.64 Å². The highest BCUT2D eigenvalue weighted by atomic mass is 32.2. The molecule has 0 spiro atoms. The van der Waals surface area contributed by atoms with E-state index in [1.165, 1.54) is 24.3 Å². The summed E-state index contributed by atoms with van der Waals surface area (Å²) < 4.78 is 29.9. The molecule has 2 aromatic carbocycles. The van der Waals surface area contributed by atoms with Crippen molar-refractivity contribution >= 4 is 27.5 Å². The normalized spacial score (nSPS) is 14.2. The molecule has 0 saturated carbocycles. The monoisotopic (exact) mass is 403 g/mol. The van der Waals surface area contributed by atoms with Crippen LogP contribution < -0.4 is 19.9 Å². The Morgan fingerprint density at radius 3 is 2.36 bits per heavy atom. The lowest BCUT2D eigenvalue weighted by atomic mass is 10.2. The molecule has 2 aromatic rings. The maximum Gasteiger partial charge on any atom is 0.266 e. The molecule has 0 radical (unpaired) electrons. The second-order valence-corrected chi connectivity index (χ2v) is 7.84. The summed E-state index contributed by atoms with van der Waals surface area (Å²) in [7, 11) is -3.91. The highest BCUT2D eigenvalue weighted by Crippen LogP contribution is 2.21. The summed E-state index contributed by atoms with van der Waals surface area (Å²) in [4.78, 5) is 27.7. The summed E-state index contributed by atoms with van der Waals surface area (Å²) in [5, 5.41) is 0. The average molecular weight is 403 g/mol. The van der Waals surface area contributed by atoms with Gasteiger partial charge in [0.05, 0.1) is 11.5 Å². The zero-order chi connectivity index (χ0) is 20.1. The van der Waals surface area contributed by atoms with Crippen LogP contribution in [0.2, 0.25) is 0 Å². The summed E-state index contributed by atoms with van der Waals surface area (Å²) >= 11 is 0. The first kappa shape index (κ1) is 19.8. The molecule has 0 bridgehead atoms. The van der Waals surface area contributed by atoms with Crippen molar-refractivity contribution in [2.45, 2.75) is 24.7 Å². The number of ether oxygens (including phenoxy) is 1. The van der Waals surface area contributed by atoms with Gasteiger partial charge in [-0.2, -0.15) is 0 Å². The zero-order valence-electron chi connectivity index (χ0n) is 15.3. The molecule has 2 N–H and O–H groups in total. The molecule has 28 heavy (non-hydrogen) atoms. The van der Waals surface area contributed by atoms with Crippen molar-refractivity contribution in [1.82, 2.24) is 10.3 Å². The van der Waals surface area contributed by atoms with Crippen molar-refractivity contribution < 1.29 is 22.7 Å². The summed E-state index contributed by atoms with van der Waals surface area (Å²) in [6.45, 7) is 2.97. The number of anilines is 1. The van der Waals surface area contributed by atoms with Crippen molar-refractivity contribution in [3.8, 4) is 5.75 Å². The van der Waals surface area contributed by atoms with Gasteiger partial charge in [0.1, 0.15) is 5.75 Å². The van der Waals surface area contributed by atoms with Crippen LogP contribution in [0.5, 0.6) is 5.75 Å². The molecule has 1 aliphatic heterocycles. The first-order chi connectivity index (χ1) is 13.4. The van der Waals surface area contributed by atoms with Gasteiger partial charge in [0.15, 0.2) is 0 Å². The molecule has 3 rings (SSSR count). The van der Waals surface area contributed by atoms with Crippen LogP contribution >= 0.6 is 0 Å². The minimum atomic E-state index is -3.91. The van der Waals surface area contributed by atoms with Gasteiger partial charge in [-0.05, 0) is 61.9 Å². The fourth-order valence-corrected chi connectivity index (χ4v) is 3.68. The third-order valence-electron chi connectivity index (χ3n) is 4.26. The van der Waals surface area contributed by atoms with Crippen LogP contribution in [0.1, 0.15) is 30.1 Å². The number of carbonyl (C=O) groups is 2. The summed E-state index contributed by atoms with van der Waals surface area (Å²) in [5.41, 5.74) is 3.17. The van der Waals surface area contributed by atoms with Gasteiger partial charge in [-0.3, -0.25) is 15.0 Å². The fourth-order valence-electron chi connectivity index (χ4n) is 2.84. The molecule has 0 atom stereocenters. The number of amides is 2. The summed E-state index contributed by atoms with van der Waals surface area (Å²) in [6.07, 6.45) is 1.34. The molecule has 9 heteroatoms. The molecule has 148 valence electrons. The largest absolute Gasteiger partial charge is 0.494 e. The van der Waals surface area contributed by atoms with Gasteiger partial charge in [0.25, 0.3) is 15.9 Å². The number of hydrogen-bond donors (Lipinski definition) is 2. The number of rotatable bonds is 7. The van der Waals surface area contributed by atoms with E-state index in [2.05, 4.69) is 10.3 Å². The average Bonchev–Trinajstić information content (AvgIpc) is 3.13. The zero-order valence-corrected chi connectivity index (χ0v) is 16.2. The molecule has 0 aromatic heterocycles. The highest BCUT2D eigenvalue weighted by molar-refractivity contribution is 7.89. The minimum absolute atomic E-state index is 0.000790. The summed E-state index contributed by atoms with van der Waals surface area (Å²) in [6, 6.07) is 12.3. The smallest absolute Gasteiger partial charge is 0.266 e. The molecular weight excluding hydrogens is 382 g/mol. The van der Waals surface area contributed by atoms with Crippen LogP contribution in [0.3, 0.4) is 0 Å². The Hall–Kier alpha value is -2.91. The number of nitrogens with one attached hydrogen (secondary N) is 2. The first-order valence-corrected chi connectivity index (χ1v) is 10.3. The lowest BCUT2D eigenvalue weighted by molar-refractivity contribution is -0.117.